The smallest absolute Gasteiger partial charge is 0.170 e. The summed E-state index contributed by atoms with van der Waals surface area (Å²) in [6.07, 6.45) is 5.45. The Morgan fingerprint density at radius 3 is 2.57 bits per heavy atom. The molecule has 0 saturated carbocycles. The van der Waals surface area contributed by atoms with Crippen molar-refractivity contribution in [3.05, 3.63) is 108 Å². The van der Waals surface area contributed by atoms with Crippen LogP contribution in [0.5, 0.6) is 0 Å². The standard InChI is InChI=1S/C24H20N4OS/c30-24-27-22(19-10-4-5-14-26-19)23(28(24)16-17-7-6-13-25-15-17)21-12-11-20(29-21)18-8-2-1-3-9-18/h1-15,22-23H,16H2,(H,27,30)/t22-,23-/m1/s1. The van der Waals surface area contributed by atoms with Crippen LogP contribution >= 0.6 is 12.2 Å². The molecule has 148 valence electrons. The van der Waals surface area contributed by atoms with Crippen LogP contribution in [0.15, 0.2) is 95.8 Å². The van der Waals surface area contributed by atoms with Gasteiger partial charge in [-0.3, -0.25) is 9.97 Å². The van der Waals surface area contributed by atoms with Crippen LogP contribution in [0.3, 0.4) is 0 Å². The molecule has 0 amide bonds. The SMILES string of the molecule is S=C1N[C@H](c2ccccn2)[C@@H](c2ccc(-c3ccccc3)o2)N1Cc1cccnc1. The quantitative estimate of drug-likeness (QED) is 0.470. The van der Waals surface area contributed by atoms with Gasteiger partial charge in [-0.15, -0.1) is 0 Å². The van der Waals surface area contributed by atoms with Crippen molar-refractivity contribution >= 4 is 17.3 Å². The number of pyridine rings is 2. The average Bonchev–Trinajstić information content (AvgIpc) is 3.41. The Bertz CT molecular complexity index is 1130. The number of benzene rings is 1. The largest absolute Gasteiger partial charge is 0.459 e. The van der Waals surface area contributed by atoms with Gasteiger partial charge in [0, 0.05) is 30.7 Å². The van der Waals surface area contributed by atoms with Crippen molar-refractivity contribution in [1.29, 1.82) is 0 Å². The Morgan fingerprint density at radius 1 is 0.933 bits per heavy atom. The molecular weight excluding hydrogens is 392 g/mol. The summed E-state index contributed by atoms with van der Waals surface area (Å²) in [4.78, 5) is 11.0. The first-order valence-corrected chi connectivity index (χ1v) is 10.2. The zero-order valence-electron chi connectivity index (χ0n) is 16.2. The molecule has 3 aromatic heterocycles. The first kappa shape index (κ1) is 18.5. The highest BCUT2D eigenvalue weighted by atomic mass is 32.1. The van der Waals surface area contributed by atoms with E-state index >= 15 is 0 Å². The van der Waals surface area contributed by atoms with E-state index in [2.05, 4.69) is 26.3 Å². The van der Waals surface area contributed by atoms with Gasteiger partial charge >= 0.3 is 0 Å². The zero-order valence-corrected chi connectivity index (χ0v) is 17.0. The van der Waals surface area contributed by atoms with Crippen LogP contribution in [0, 0.1) is 0 Å². The molecule has 1 aliphatic heterocycles. The maximum atomic E-state index is 6.34. The Kier molecular flexibility index (Phi) is 4.99. The predicted molar refractivity (Wildman–Crippen MR) is 119 cm³/mol. The maximum Gasteiger partial charge on any atom is 0.170 e. The van der Waals surface area contributed by atoms with E-state index in [1.807, 2.05) is 72.9 Å². The summed E-state index contributed by atoms with van der Waals surface area (Å²) in [6.45, 7) is 0.634. The third-order valence-corrected chi connectivity index (χ3v) is 5.60. The number of thiocarbonyl (C=S) groups is 1. The van der Waals surface area contributed by atoms with Crippen molar-refractivity contribution in [3.63, 3.8) is 0 Å². The Balaban J connectivity index is 1.54. The minimum atomic E-state index is -0.120. The van der Waals surface area contributed by atoms with Crippen LogP contribution in [0.2, 0.25) is 0 Å². The molecule has 0 bridgehead atoms. The summed E-state index contributed by atoms with van der Waals surface area (Å²) in [5.74, 6) is 1.69. The van der Waals surface area contributed by atoms with E-state index in [4.69, 9.17) is 16.6 Å². The topological polar surface area (TPSA) is 54.2 Å². The van der Waals surface area contributed by atoms with Gasteiger partial charge in [0.15, 0.2) is 5.11 Å². The second-order valence-corrected chi connectivity index (χ2v) is 7.57. The van der Waals surface area contributed by atoms with E-state index in [1.165, 1.54) is 0 Å². The summed E-state index contributed by atoms with van der Waals surface area (Å²) in [7, 11) is 0. The van der Waals surface area contributed by atoms with Crippen LogP contribution < -0.4 is 5.32 Å². The molecular formula is C24H20N4OS. The van der Waals surface area contributed by atoms with Crippen LogP contribution in [0.4, 0.5) is 0 Å². The minimum absolute atomic E-state index is 0.106. The number of hydrogen-bond acceptors (Lipinski definition) is 4. The number of nitrogens with zero attached hydrogens (tertiary/aromatic N) is 3. The molecule has 1 N–H and O–H groups in total. The van der Waals surface area contributed by atoms with E-state index in [0.717, 1.165) is 28.3 Å². The second-order valence-electron chi connectivity index (χ2n) is 7.18. The molecule has 1 aliphatic rings. The highest BCUT2D eigenvalue weighted by Gasteiger charge is 2.41. The number of aromatic nitrogens is 2. The third kappa shape index (κ3) is 3.57. The third-order valence-electron chi connectivity index (χ3n) is 5.25. The Hall–Kier alpha value is -3.51. The lowest BCUT2D eigenvalue weighted by Crippen LogP contribution is -2.29. The van der Waals surface area contributed by atoms with Crippen LogP contribution in [-0.2, 0) is 6.54 Å². The van der Waals surface area contributed by atoms with Crippen molar-refractivity contribution in [2.45, 2.75) is 18.6 Å². The van der Waals surface area contributed by atoms with Crippen molar-refractivity contribution in [1.82, 2.24) is 20.2 Å². The zero-order chi connectivity index (χ0) is 20.3. The lowest BCUT2D eigenvalue weighted by Gasteiger charge is -2.26. The van der Waals surface area contributed by atoms with E-state index in [9.17, 15) is 0 Å². The molecule has 30 heavy (non-hydrogen) atoms. The lowest BCUT2D eigenvalue weighted by molar-refractivity contribution is 0.269. The summed E-state index contributed by atoms with van der Waals surface area (Å²) < 4.78 is 6.34. The van der Waals surface area contributed by atoms with Crippen molar-refractivity contribution in [3.8, 4) is 11.3 Å². The monoisotopic (exact) mass is 412 g/mol. The molecule has 0 radical (unpaired) electrons. The number of furan rings is 1. The molecule has 0 unspecified atom stereocenters. The average molecular weight is 413 g/mol. The molecule has 5 rings (SSSR count). The van der Waals surface area contributed by atoms with Crippen molar-refractivity contribution in [2.24, 2.45) is 0 Å². The second kappa shape index (κ2) is 8.08. The fourth-order valence-corrected chi connectivity index (χ4v) is 4.15. The van der Waals surface area contributed by atoms with Gasteiger partial charge in [0.05, 0.1) is 11.7 Å². The van der Waals surface area contributed by atoms with Crippen molar-refractivity contribution in [2.75, 3.05) is 0 Å². The molecule has 1 fully saturated rings. The predicted octanol–water partition coefficient (Wildman–Crippen LogP) is 4.91. The van der Waals surface area contributed by atoms with E-state index in [1.54, 1.807) is 12.4 Å². The van der Waals surface area contributed by atoms with Crippen LogP contribution in [-0.4, -0.2) is 20.0 Å². The van der Waals surface area contributed by atoms with Gasteiger partial charge in [-0.2, -0.15) is 0 Å². The van der Waals surface area contributed by atoms with Gasteiger partial charge in [-0.25, -0.2) is 0 Å². The van der Waals surface area contributed by atoms with Gasteiger partial charge in [-0.05, 0) is 48.1 Å². The first-order chi connectivity index (χ1) is 14.8. The van der Waals surface area contributed by atoms with E-state index in [0.29, 0.717) is 11.7 Å². The summed E-state index contributed by atoms with van der Waals surface area (Å²) in [5.41, 5.74) is 3.06. The maximum absolute atomic E-state index is 6.34. The molecule has 4 heterocycles. The normalized spacial score (nSPS) is 18.4. The fourth-order valence-electron chi connectivity index (χ4n) is 3.84. The molecule has 0 aliphatic carbocycles. The van der Waals surface area contributed by atoms with Crippen molar-refractivity contribution < 1.29 is 4.42 Å². The Labute approximate surface area is 180 Å². The fraction of sp³-hybridized carbons (Fsp3) is 0.125. The Morgan fingerprint density at radius 2 is 1.80 bits per heavy atom. The van der Waals surface area contributed by atoms with Gasteiger partial charge in [-0.1, -0.05) is 42.5 Å². The lowest BCUT2D eigenvalue weighted by atomic mass is 10.0. The highest BCUT2D eigenvalue weighted by molar-refractivity contribution is 7.80. The summed E-state index contributed by atoms with van der Waals surface area (Å²) in [5, 5.41) is 4.13. The molecule has 5 nitrogen and oxygen atoms in total. The highest BCUT2D eigenvalue weighted by Crippen LogP contribution is 2.41. The molecule has 1 aromatic carbocycles. The summed E-state index contributed by atoms with van der Waals surface area (Å²) >= 11 is 5.72. The minimum Gasteiger partial charge on any atom is -0.459 e. The number of nitrogens with one attached hydrogen (secondary N) is 1. The first-order valence-electron chi connectivity index (χ1n) is 9.82. The van der Waals surface area contributed by atoms with Crippen LogP contribution in [0.1, 0.15) is 29.1 Å². The van der Waals surface area contributed by atoms with Gasteiger partial charge in [0.2, 0.25) is 0 Å². The number of rotatable bonds is 5. The molecule has 6 heteroatoms. The molecule has 0 spiro atoms. The summed E-state index contributed by atoms with van der Waals surface area (Å²) in [6, 6.07) is 23.9. The molecule has 4 aromatic rings. The van der Waals surface area contributed by atoms with Gasteiger partial charge in [0.25, 0.3) is 0 Å². The molecule has 2 atom stereocenters. The number of hydrogen-bond donors (Lipinski definition) is 1. The van der Waals surface area contributed by atoms with Gasteiger partial charge in [0.1, 0.15) is 17.6 Å². The van der Waals surface area contributed by atoms with E-state index < -0.39 is 0 Å². The molecule has 1 saturated heterocycles. The van der Waals surface area contributed by atoms with Gasteiger partial charge < -0.3 is 14.6 Å². The van der Waals surface area contributed by atoms with E-state index in [-0.39, 0.29) is 12.1 Å². The van der Waals surface area contributed by atoms with Crippen LogP contribution in [0.25, 0.3) is 11.3 Å².